The second-order valence-corrected chi connectivity index (χ2v) is 31.6. The van der Waals surface area contributed by atoms with Crippen molar-refractivity contribution in [3.63, 3.8) is 0 Å². The molecule has 4 N–H and O–H groups in total. The predicted molar refractivity (Wildman–Crippen MR) is 480 cm³/mol. The number of nitro benzene ring substituents is 4. The first-order chi connectivity index (χ1) is 60.3. The number of ether oxygens (including phenoxy) is 8. The second kappa shape index (κ2) is 52.2. The van der Waals surface area contributed by atoms with Gasteiger partial charge in [-0.3, -0.25) is 61.7 Å². The van der Waals surface area contributed by atoms with Crippen LogP contribution in [0.1, 0.15) is 278 Å². The molecule has 8 aromatic carbocycles. The van der Waals surface area contributed by atoms with Gasteiger partial charge < -0.3 is 37.9 Å². The first-order valence-corrected chi connectivity index (χ1v) is 44.3. The van der Waals surface area contributed by atoms with Crippen molar-refractivity contribution < 1.29 is 76.8 Å². The number of rotatable bonds is 52. The molecule has 0 radical (unpaired) electrons. The van der Waals surface area contributed by atoms with E-state index in [1.165, 1.54) is 97.1 Å². The molecule has 0 fully saturated rings. The van der Waals surface area contributed by atoms with Crippen LogP contribution < -0.4 is 59.2 Å². The van der Waals surface area contributed by atoms with Gasteiger partial charge in [-0.25, -0.2) is 19.2 Å². The van der Waals surface area contributed by atoms with E-state index >= 15 is 0 Å². The van der Waals surface area contributed by atoms with Crippen molar-refractivity contribution in [1.82, 2.24) is 0 Å². The van der Waals surface area contributed by atoms with E-state index in [0.29, 0.717) is 93.2 Å². The summed E-state index contributed by atoms with van der Waals surface area (Å²) in [5.74, 6) is 1.71. The number of hydrogen-bond donors (Lipinski definition) is 4. The number of nitro groups is 4. The molecule has 28 nitrogen and oxygen atoms in total. The Labute approximate surface area is 726 Å². The van der Waals surface area contributed by atoms with Crippen LogP contribution in [0.5, 0.6) is 46.0 Å². The number of nitrogens with zero attached hydrogens (tertiary/aromatic N) is 4. The van der Waals surface area contributed by atoms with E-state index in [0.717, 1.165) is 180 Å². The van der Waals surface area contributed by atoms with Crippen LogP contribution in [-0.4, -0.2) is 70.5 Å². The monoisotopic (exact) mass is 1700 g/mol. The van der Waals surface area contributed by atoms with Gasteiger partial charge in [0.1, 0.15) is 46.0 Å². The highest BCUT2D eigenvalue weighted by molar-refractivity contribution is 5.90. The molecule has 0 saturated carbocycles. The number of fused-ring (bicyclic) bond motifs is 8. The zero-order chi connectivity index (χ0) is 88.2. The van der Waals surface area contributed by atoms with Crippen LogP contribution in [0.3, 0.4) is 0 Å². The lowest BCUT2D eigenvalue weighted by Gasteiger charge is -2.25. The number of carbonyl (C=O) groups is 4. The summed E-state index contributed by atoms with van der Waals surface area (Å²) in [5, 5.41) is 59.0. The third kappa shape index (κ3) is 32.5. The lowest BCUT2D eigenvalue weighted by Crippen LogP contribution is -2.19. The quantitative estimate of drug-likeness (QED) is 0.0156. The molecule has 0 saturated heterocycles. The molecule has 664 valence electrons. The van der Waals surface area contributed by atoms with E-state index in [9.17, 15) is 59.6 Å². The Morgan fingerprint density at radius 1 is 0.250 bits per heavy atom. The third-order valence-electron chi connectivity index (χ3n) is 21.5. The van der Waals surface area contributed by atoms with Crippen LogP contribution in [0.25, 0.3) is 0 Å². The van der Waals surface area contributed by atoms with Crippen molar-refractivity contribution in [1.29, 1.82) is 0 Å². The number of non-ortho nitro benzene ring substituents is 4. The minimum absolute atomic E-state index is 0.0106. The van der Waals surface area contributed by atoms with Crippen molar-refractivity contribution in [2.75, 3.05) is 47.7 Å². The molecule has 0 aliphatic heterocycles. The standard InChI is InChI=1S/C96H120N8O20/c1-5-9-13-17-21-25-29-33-53-117-89-69-57-71-63-78(98-94(106)122-86-47-39-82(40-48-86)102(111)112)65-73(90(71)118-54-34-30-26-22-18-14-10-6-2)59-75-67-80(100-96(108)124-88-51-43-84(44-52-88)104(115)116)68-76(92(75)120-56-36-32-28-24-20-16-12-8-4)60-74-66-79(99-95(107)123-87-49-41-83(42-50-87)103(113)114)64-72(91(74)119-55-35-31-27-23-19-15-11-7-3)58-70(89)62-77(61-69)97-93(105)121-85-45-37-81(38-46-85)101(109)110/h37-52,61-68H,5-36,53-60H2,1-4H3,(H,97,105)(H,98,106)(H,99,107)(H,100,108). The van der Waals surface area contributed by atoms with Crippen LogP contribution in [0, 0.1) is 40.5 Å². The third-order valence-corrected chi connectivity index (χ3v) is 21.5. The largest absolute Gasteiger partial charge is 0.493 e. The normalized spacial score (nSPS) is 11.5. The highest BCUT2D eigenvalue weighted by Gasteiger charge is 2.28. The molecule has 0 aromatic heterocycles. The Morgan fingerprint density at radius 3 is 0.556 bits per heavy atom. The first-order valence-electron chi connectivity index (χ1n) is 44.3. The van der Waals surface area contributed by atoms with Crippen molar-refractivity contribution >= 4 is 69.9 Å². The Hall–Kier alpha value is -12.4. The Bertz CT molecular complexity index is 4090. The lowest BCUT2D eigenvalue weighted by atomic mass is 9.90. The summed E-state index contributed by atoms with van der Waals surface area (Å²) < 4.78 is 52.4. The molecule has 8 aromatic rings. The fourth-order valence-corrected chi connectivity index (χ4v) is 15.1. The number of anilines is 4. The molecule has 4 amide bonds. The molecule has 124 heavy (non-hydrogen) atoms. The van der Waals surface area contributed by atoms with Gasteiger partial charge in [-0.2, -0.15) is 0 Å². The summed E-state index contributed by atoms with van der Waals surface area (Å²) in [6.45, 7) is 9.70. The number of unbranched alkanes of at least 4 members (excludes halogenated alkanes) is 28. The summed E-state index contributed by atoms with van der Waals surface area (Å²) >= 11 is 0. The van der Waals surface area contributed by atoms with Gasteiger partial charge in [-0.15, -0.1) is 0 Å². The molecular formula is C96H120N8O20. The SMILES string of the molecule is CCCCCCCCCCOc1c2cc(NC(=O)Oc3ccc([N+](=O)[O-])cc3)cc1Cc1cc(NC(=O)Oc3ccc([N+](=O)[O-])cc3)cc(c1OCCCCCCCCCC)Cc1cc(NC(=O)Oc3ccc([N+](=O)[O-])cc3)cc(c1OCCCCCCCCCC)Cc1cc(NC(=O)Oc3ccc([N+](=O)[O-])cc3)cc(c1OCCCCCCCCCC)C2. The highest BCUT2D eigenvalue weighted by atomic mass is 16.6. The maximum Gasteiger partial charge on any atom is 0.417 e. The fourth-order valence-electron chi connectivity index (χ4n) is 15.1. The smallest absolute Gasteiger partial charge is 0.417 e. The Morgan fingerprint density at radius 2 is 0.403 bits per heavy atom. The Balaban J connectivity index is 1.32. The van der Waals surface area contributed by atoms with E-state index in [1.807, 2.05) is 0 Å². The first kappa shape index (κ1) is 95.5. The van der Waals surface area contributed by atoms with Crippen LogP contribution in [0.4, 0.5) is 64.7 Å². The van der Waals surface area contributed by atoms with Gasteiger partial charge in [0.05, 0.1) is 46.1 Å². The fraction of sp³-hybridized carbons (Fsp3) is 0.458. The lowest BCUT2D eigenvalue weighted by molar-refractivity contribution is -0.385. The van der Waals surface area contributed by atoms with Crippen LogP contribution >= 0.6 is 0 Å². The summed E-state index contributed by atoms with van der Waals surface area (Å²) in [6.07, 6.45) is 28.2. The van der Waals surface area contributed by atoms with Gasteiger partial charge in [0.2, 0.25) is 0 Å². The molecule has 28 heteroatoms. The molecule has 1 aliphatic rings. The van der Waals surface area contributed by atoms with E-state index in [1.54, 1.807) is 48.5 Å². The zero-order valence-corrected chi connectivity index (χ0v) is 72.1. The minimum Gasteiger partial charge on any atom is -0.493 e. The minimum atomic E-state index is -0.945. The van der Waals surface area contributed by atoms with Gasteiger partial charge in [-0.1, -0.05) is 207 Å². The summed E-state index contributed by atoms with van der Waals surface area (Å²) in [7, 11) is 0. The molecule has 9 rings (SSSR count). The van der Waals surface area contributed by atoms with Gasteiger partial charge in [0.15, 0.2) is 0 Å². The van der Waals surface area contributed by atoms with E-state index in [-0.39, 0.29) is 121 Å². The van der Waals surface area contributed by atoms with Gasteiger partial charge in [-0.05, 0) is 123 Å². The zero-order valence-electron chi connectivity index (χ0n) is 72.1. The number of nitrogens with one attached hydrogen (secondary N) is 4. The molecule has 8 bridgehead atoms. The number of benzene rings is 8. The van der Waals surface area contributed by atoms with E-state index in [4.69, 9.17) is 37.9 Å². The van der Waals surface area contributed by atoms with Gasteiger partial charge in [0, 0.05) is 141 Å². The topological polar surface area (TPSA) is 363 Å². The summed E-state index contributed by atoms with van der Waals surface area (Å²) in [6, 6.07) is 34.4. The van der Waals surface area contributed by atoms with Crippen molar-refractivity contribution in [2.24, 2.45) is 0 Å². The molecule has 0 atom stereocenters. The predicted octanol–water partition coefficient (Wildman–Crippen LogP) is 26.5. The van der Waals surface area contributed by atoms with Gasteiger partial charge >= 0.3 is 24.4 Å². The molecule has 1 aliphatic carbocycles. The summed E-state index contributed by atoms with van der Waals surface area (Å²) in [5.41, 5.74) is 4.14. The summed E-state index contributed by atoms with van der Waals surface area (Å²) in [4.78, 5) is 103. The average molecular weight is 1710 g/mol. The van der Waals surface area contributed by atoms with Crippen LogP contribution in [0.2, 0.25) is 0 Å². The molecular weight excluding hydrogens is 1590 g/mol. The van der Waals surface area contributed by atoms with Crippen molar-refractivity contribution in [2.45, 2.75) is 259 Å². The maximum atomic E-state index is 14.6. The molecule has 0 heterocycles. The van der Waals surface area contributed by atoms with Gasteiger partial charge in [0.25, 0.3) is 22.7 Å². The number of carbonyl (C=O) groups excluding carboxylic acids is 4. The number of amides is 4. The van der Waals surface area contributed by atoms with Crippen molar-refractivity contribution in [3.8, 4) is 46.0 Å². The molecule has 0 unspecified atom stereocenters. The Kier molecular flexibility index (Phi) is 40.2. The van der Waals surface area contributed by atoms with Crippen LogP contribution in [0.15, 0.2) is 146 Å². The van der Waals surface area contributed by atoms with E-state index < -0.39 is 44.1 Å². The number of hydrogen-bond acceptors (Lipinski definition) is 20. The maximum absolute atomic E-state index is 14.6. The van der Waals surface area contributed by atoms with Crippen LogP contribution in [-0.2, 0) is 25.7 Å². The van der Waals surface area contributed by atoms with E-state index in [2.05, 4.69) is 49.0 Å². The average Bonchev–Trinajstić information content (AvgIpc) is 0.769. The molecule has 0 spiro atoms. The highest BCUT2D eigenvalue weighted by Crippen LogP contribution is 2.44. The second-order valence-electron chi connectivity index (χ2n) is 31.6. The van der Waals surface area contributed by atoms with Crippen molar-refractivity contribution in [3.05, 3.63) is 231 Å².